The minimum Gasteiger partial charge on any atom is -0.506 e. The summed E-state index contributed by atoms with van der Waals surface area (Å²) in [5.41, 5.74) is 15.3. The maximum absolute atomic E-state index is 9.99. The summed E-state index contributed by atoms with van der Waals surface area (Å²) in [5, 5.41) is 21.3. The average Bonchev–Trinajstić information content (AvgIpc) is 3.04. The molecule has 0 saturated heterocycles. The Balaban J connectivity index is 1.60. The Bertz CT molecular complexity index is 2120. The second kappa shape index (κ2) is 12.2. The molecule has 0 fully saturated rings. The van der Waals surface area contributed by atoms with E-state index < -0.39 is 0 Å². The van der Waals surface area contributed by atoms with Crippen LogP contribution in [0.1, 0.15) is 22.3 Å². The van der Waals surface area contributed by atoms with Gasteiger partial charge in [0, 0.05) is 39.6 Å². The molecular formula is C38H26N2O4. The number of benzene rings is 6. The molecule has 0 heterocycles. The number of hydrogen-bond donors (Lipinski definition) is 4. The molecule has 6 N–H and O–H groups in total. The van der Waals surface area contributed by atoms with Crippen molar-refractivity contribution in [2.75, 3.05) is 11.5 Å². The average molecular weight is 575 g/mol. The van der Waals surface area contributed by atoms with Gasteiger partial charge in [0.1, 0.15) is 28.7 Å². The molecule has 0 unspecified atom stereocenters. The first kappa shape index (κ1) is 27.7. The summed E-state index contributed by atoms with van der Waals surface area (Å²) in [6, 6.07) is 36.1. The lowest BCUT2D eigenvalue weighted by molar-refractivity contribution is 0.467. The normalized spacial score (nSPS) is 10.3. The molecule has 0 atom stereocenters. The Morgan fingerprint density at radius 2 is 1.05 bits per heavy atom. The Hall–Kier alpha value is -6.50. The molecule has 212 valence electrons. The lowest BCUT2D eigenvalue weighted by Gasteiger charge is -2.17. The molecule has 6 nitrogen and oxygen atoms in total. The van der Waals surface area contributed by atoms with Gasteiger partial charge < -0.3 is 31.2 Å². The van der Waals surface area contributed by atoms with Crippen molar-refractivity contribution in [1.29, 1.82) is 0 Å². The first-order valence-electron chi connectivity index (χ1n) is 13.7. The lowest BCUT2D eigenvalue weighted by Crippen LogP contribution is -1.97. The quantitative estimate of drug-likeness (QED) is 0.0971. The van der Waals surface area contributed by atoms with Crippen molar-refractivity contribution >= 4 is 22.1 Å². The minimum atomic E-state index is -0.0401. The van der Waals surface area contributed by atoms with Crippen LogP contribution in [0.5, 0.6) is 34.5 Å². The number of phenolic OH excluding ortho intramolecular Hbond substituents is 2. The summed E-state index contributed by atoms with van der Waals surface area (Å²) < 4.78 is 12.8. The highest BCUT2D eigenvalue weighted by molar-refractivity contribution is 6.00. The number of aromatic hydroxyl groups is 2. The second-order valence-corrected chi connectivity index (χ2v) is 9.86. The summed E-state index contributed by atoms with van der Waals surface area (Å²) in [4.78, 5) is 0. The monoisotopic (exact) mass is 574 g/mol. The summed E-state index contributed by atoms with van der Waals surface area (Å²) >= 11 is 0. The third kappa shape index (κ3) is 6.06. The zero-order chi connectivity index (χ0) is 30.5. The molecule has 0 radical (unpaired) electrons. The summed E-state index contributed by atoms with van der Waals surface area (Å²) in [5.74, 6) is 14.8. The summed E-state index contributed by atoms with van der Waals surface area (Å²) in [6.07, 6.45) is 0. The maximum Gasteiger partial charge on any atom is 0.151 e. The van der Waals surface area contributed by atoms with E-state index in [4.69, 9.17) is 20.9 Å². The van der Waals surface area contributed by atoms with Crippen molar-refractivity contribution in [2.24, 2.45) is 0 Å². The zero-order valence-electron chi connectivity index (χ0n) is 23.4. The predicted molar refractivity (Wildman–Crippen MR) is 174 cm³/mol. The van der Waals surface area contributed by atoms with Gasteiger partial charge in [0.05, 0.1) is 16.9 Å². The van der Waals surface area contributed by atoms with E-state index in [0.717, 1.165) is 11.1 Å². The van der Waals surface area contributed by atoms with Crippen LogP contribution in [0, 0.1) is 23.7 Å². The van der Waals surface area contributed by atoms with Gasteiger partial charge in [-0.15, -0.1) is 0 Å². The van der Waals surface area contributed by atoms with Gasteiger partial charge >= 0.3 is 0 Å². The van der Waals surface area contributed by atoms with Gasteiger partial charge in [-0.1, -0.05) is 72.2 Å². The highest BCUT2D eigenvalue weighted by Crippen LogP contribution is 2.42. The molecule has 6 rings (SSSR count). The molecule has 0 spiro atoms. The topological polar surface area (TPSA) is 111 Å². The van der Waals surface area contributed by atoms with Gasteiger partial charge in [-0.25, -0.2) is 0 Å². The molecule has 0 bridgehead atoms. The zero-order valence-corrected chi connectivity index (χ0v) is 23.4. The van der Waals surface area contributed by atoms with Gasteiger partial charge in [-0.05, 0) is 60.7 Å². The number of anilines is 2. The van der Waals surface area contributed by atoms with Crippen molar-refractivity contribution in [1.82, 2.24) is 0 Å². The summed E-state index contributed by atoms with van der Waals surface area (Å²) in [6.45, 7) is 0. The molecule has 6 heteroatoms. The van der Waals surface area contributed by atoms with Crippen molar-refractivity contribution in [3.05, 3.63) is 144 Å². The van der Waals surface area contributed by atoms with E-state index in [-0.39, 0.29) is 22.9 Å². The molecule has 0 amide bonds. The van der Waals surface area contributed by atoms with Crippen LogP contribution in [-0.4, -0.2) is 10.2 Å². The SMILES string of the molecule is Nc1cc(Oc2c(C#Cc3ccccc3)cc(C#Cc3ccccc3)c3c(Oc4ccc(O)c(N)c4)cccc23)ccc1O. The molecule has 6 aromatic carbocycles. The molecule has 44 heavy (non-hydrogen) atoms. The van der Waals surface area contributed by atoms with Crippen LogP contribution in [0.15, 0.2) is 121 Å². The second-order valence-electron chi connectivity index (χ2n) is 9.86. The van der Waals surface area contributed by atoms with Crippen molar-refractivity contribution in [3.63, 3.8) is 0 Å². The number of ether oxygens (including phenoxy) is 2. The highest BCUT2D eigenvalue weighted by atomic mass is 16.5. The number of fused-ring (bicyclic) bond motifs is 1. The van der Waals surface area contributed by atoms with Gasteiger partial charge in [0.25, 0.3) is 0 Å². The largest absolute Gasteiger partial charge is 0.506 e. The Labute approximate surface area is 254 Å². The number of nitrogen functional groups attached to an aromatic ring is 2. The third-order valence-corrected chi connectivity index (χ3v) is 6.75. The van der Waals surface area contributed by atoms with Crippen LogP contribution in [-0.2, 0) is 0 Å². The fourth-order valence-electron chi connectivity index (χ4n) is 4.57. The first-order valence-corrected chi connectivity index (χ1v) is 13.7. The third-order valence-electron chi connectivity index (χ3n) is 6.75. The van der Waals surface area contributed by atoms with E-state index >= 15 is 0 Å². The maximum atomic E-state index is 9.99. The van der Waals surface area contributed by atoms with Crippen molar-refractivity contribution in [2.45, 2.75) is 0 Å². The Morgan fingerprint density at radius 3 is 1.61 bits per heavy atom. The Morgan fingerprint density at radius 1 is 0.500 bits per heavy atom. The molecule has 0 saturated carbocycles. The molecule has 0 aliphatic rings. The number of rotatable bonds is 4. The number of hydrogen-bond acceptors (Lipinski definition) is 6. The molecule has 0 aliphatic heterocycles. The van der Waals surface area contributed by atoms with Gasteiger partial charge in [0.2, 0.25) is 0 Å². The molecule has 0 aliphatic carbocycles. The van der Waals surface area contributed by atoms with Gasteiger partial charge in [-0.3, -0.25) is 0 Å². The molecule has 6 aromatic rings. The van der Waals surface area contributed by atoms with Crippen LogP contribution in [0.3, 0.4) is 0 Å². The van der Waals surface area contributed by atoms with Crippen LogP contribution >= 0.6 is 0 Å². The van der Waals surface area contributed by atoms with Crippen LogP contribution < -0.4 is 20.9 Å². The van der Waals surface area contributed by atoms with E-state index in [9.17, 15) is 10.2 Å². The lowest BCUT2D eigenvalue weighted by atomic mass is 9.98. The fourth-order valence-corrected chi connectivity index (χ4v) is 4.57. The van der Waals surface area contributed by atoms with Gasteiger partial charge in [-0.2, -0.15) is 0 Å². The van der Waals surface area contributed by atoms with E-state index in [2.05, 4.69) is 23.7 Å². The van der Waals surface area contributed by atoms with Crippen LogP contribution in [0.4, 0.5) is 11.4 Å². The number of phenols is 2. The highest BCUT2D eigenvalue weighted by Gasteiger charge is 2.18. The smallest absolute Gasteiger partial charge is 0.151 e. The van der Waals surface area contributed by atoms with E-state index in [1.165, 1.54) is 12.1 Å². The van der Waals surface area contributed by atoms with Crippen molar-refractivity contribution in [3.8, 4) is 58.2 Å². The van der Waals surface area contributed by atoms with Crippen LogP contribution in [0.2, 0.25) is 0 Å². The van der Waals surface area contributed by atoms with E-state index in [0.29, 0.717) is 44.9 Å². The molecule has 0 aromatic heterocycles. The molecular weight excluding hydrogens is 548 g/mol. The van der Waals surface area contributed by atoms with Gasteiger partial charge in [0.15, 0.2) is 5.75 Å². The Kier molecular flexibility index (Phi) is 7.65. The predicted octanol–water partition coefficient (Wildman–Crippen LogP) is 7.80. The van der Waals surface area contributed by atoms with Crippen molar-refractivity contribution < 1.29 is 19.7 Å². The fraction of sp³-hybridized carbons (Fsp3) is 0. The minimum absolute atomic E-state index is 0.0322. The summed E-state index contributed by atoms with van der Waals surface area (Å²) in [7, 11) is 0. The standard InChI is InChI=1S/C38H26N2O4/c39-32-23-29(18-20-34(32)41)43-36-13-7-12-31-37(36)27(16-14-25-8-3-1-4-9-25)22-28(17-15-26-10-5-2-6-11-26)38(31)44-30-19-21-35(42)33(40)24-30/h1-13,18-24,41-42H,39-40H2. The van der Waals surface area contributed by atoms with E-state index in [1.807, 2.05) is 84.9 Å². The van der Waals surface area contributed by atoms with E-state index in [1.54, 1.807) is 24.3 Å². The first-order chi connectivity index (χ1) is 21.4. The number of nitrogens with two attached hydrogens (primary N) is 2. The van der Waals surface area contributed by atoms with Crippen LogP contribution in [0.25, 0.3) is 10.8 Å².